The van der Waals surface area contributed by atoms with E-state index in [1.807, 2.05) is 69.2 Å². The summed E-state index contributed by atoms with van der Waals surface area (Å²) in [6, 6.07) is 0. The fourth-order valence-electron chi connectivity index (χ4n) is 4.51. The van der Waals surface area contributed by atoms with E-state index in [9.17, 15) is 24.3 Å². The third-order valence-corrected chi connectivity index (χ3v) is 6.39. The predicted octanol–water partition coefficient (Wildman–Crippen LogP) is 5.87. The van der Waals surface area contributed by atoms with E-state index in [-0.39, 0.29) is 36.7 Å². The Balaban J connectivity index is 5.17. The first-order valence-electron chi connectivity index (χ1n) is 11.7. The zero-order chi connectivity index (χ0) is 25.7. The van der Waals surface area contributed by atoms with Gasteiger partial charge in [0.1, 0.15) is 11.6 Å². The smallest absolute Gasteiger partial charge is 0.307 e. The lowest BCUT2D eigenvalue weighted by molar-refractivity contribution is -0.155. The summed E-state index contributed by atoms with van der Waals surface area (Å²) < 4.78 is 0. The summed E-state index contributed by atoms with van der Waals surface area (Å²) >= 11 is 0. The van der Waals surface area contributed by atoms with Crippen molar-refractivity contribution in [1.82, 2.24) is 0 Å². The van der Waals surface area contributed by atoms with Gasteiger partial charge in [0.15, 0.2) is 0 Å². The Morgan fingerprint density at radius 3 is 1.38 bits per heavy atom. The van der Waals surface area contributed by atoms with Crippen LogP contribution < -0.4 is 0 Å². The highest BCUT2D eigenvalue weighted by molar-refractivity contribution is 5.87. The standard InChI is InChI=1S/C26H46O6/c1-16(11-13-18(27)17(15-20(29)30)24(2,3)4)12-14-19(28)21(25(5,6)7)22(23(31)32)26(8,9)10/h16-17,21-22H,11-15H2,1-10H3,(H,29,30)(H,31,32). The number of Topliss-reactive ketones (excluding diaryl/α,β-unsaturated/α-hetero) is 2. The molecule has 6 heteroatoms. The third kappa shape index (κ3) is 9.83. The van der Waals surface area contributed by atoms with Gasteiger partial charge in [-0.05, 0) is 35.0 Å². The van der Waals surface area contributed by atoms with Crippen LogP contribution in [0.5, 0.6) is 0 Å². The average molecular weight is 455 g/mol. The molecule has 0 aliphatic rings. The number of carboxylic acids is 2. The second-order valence-corrected chi connectivity index (χ2v) is 12.7. The molecule has 0 aliphatic carbocycles. The second-order valence-electron chi connectivity index (χ2n) is 12.7. The summed E-state index contributed by atoms with van der Waals surface area (Å²) in [5.74, 6) is -3.84. The van der Waals surface area contributed by atoms with Gasteiger partial charge in [0.05, 0.1) is 12.3 Å². The Hall–Kier alpha value is -1.72. The lowest BCUT2D eigenvalue weighted by Gasteiger charge is -2.40. The van der Waals surface area contributed by atoms with Crippen molar-refractivity contribution in [3.8, 4) is 0 Å². The molecule has 0 fully saturated rings. The number of hydrogen-bond donors (Lipinski definition) is 2. The van der Waals surface area contributed by atoms with Crippen molar-refractivity contribution >= 4 is 23.5 Å². The molecule has 0 rings (SSSR count). The molecule has 0 saturated carbocycles. The van der Waals surface area contributed by atoms with Crippen LogP contribution in [0.2, 0.25) is 0 Å². The predicted molar refractivity (Wildman–Crippen MR) is 126 cm³/mol. The summed E-state index contributed by atoms with van der Waals surface area (Å²) in [6.45, 7) is 18.9. The number of ketones is 2. The first-order valence-corrected chi connectivity index (χ1v) is 11.7. The number of carbonyl (C=O) groups excluding carboxylic acids is 2. The Labute approximate surface area is 194 Å². The van der Waals surface area contributed by atoms with Gasteiger partial charge in [-0.25, -0.2) is 0 Å². The molecule has 0 aromatic heterocycles. The number of hydrogen-bond acceptors (Lipinski definition) is 4. The lowest BCUT2D eigenvalue weighted by atomic mass is 9.62. The molecule has 6 nitrogen and oxygen atoms in total. The number of aliphatic carboxylic acids is 2. The van der Waals surface area contributed by atoms with E-state index < -0.39 is 45.9 Å². The van der Waals surface area contributed by atoms with Crippen LogP contribution in [0, 0.1) is 39.9 Å². The molecule has 186 valence electrons. The fraction of sp³-hybridized carbons (Fsp3) is 0.846. The molecular weight excluding hydrogens is 408 g/mol. The Bertz CT molecular complexity index is 672. The summed E-state index contributed by atoms with van der Waals surface area (Å²) in [5, 5.41) is 19.0. The van der Waals surface area contributed by atoms with Gasteiger partial charge >= 0.3 is 11.9 Å². The van der Waals surface area contributed by atoms with Crippen molar-refractivity contribution in [2.75, 3.05) is 0 Å². The Morgan fingerprint density at radius 2 is 1.06 bits per heavy atom. The van der Waals surface area contributed by atoms with Gasteiger partial charge in [0, 0.05) is 24.7 Å². The van der Waals surface area contributed by atoms with E-state index in [1.54, 1.807) is 0 Å². The normalized spacial score (nSPS) is 16.7. The summed E-state index contributed by atoms with van der Waals surface area (Å²) in [6.07, 6.45) is 1.54. The molecule has 0 radical (unpaired) electrons. The largest absolute Gasteiger partial charge is 0.481 e. The first kappa shape index (κ1) is 30.3. The Kier molecular flexibility index (Phi) is 10.8. The second kappa shape index (κ2) is 11.4. The highest BCUT2D eigenvalue weighted by Crippen LogP contribution is 2.43. The van der Waals surface area contributed by atoms with Crippen molar-refractivity contribution in [3.63, 3.8) is 0 Å². The van der Waals surface area contributed by atoms with E-state index in [4.69, 9.17) is 5.11 Å². The molecular formula is C26H46O6. The van der Waals surface area contributed by atoms with Crippen LogP contribution >= 0.6 is 0 Å². The first-order chi connectivity index (χ1) is 14.2. The highest BCUT2D eigenvalue weighted by atomic mass is 16.4. The van der Waals surface area contributed by atoms with Gasteiger partial charge in [-0.1, -0.05) is 69.2 Å². The maximum Gasteiger partial charge on any atom is 0.307 e. The van der Waals surface area contributed by atoms with Crippen LogP contribution in [0.15, 0.2) is 0 Å². The van der Waals surface area contributed by atoms with Crippen LogP contribution in [-0.4, -0.2) is 33.7 Å². The van der Waals surface area contributed by atoms with Gasteiger partial charge < -0.3 is 10.2 Å². The fourth-order valence-corrected chi connectivity index (χ4v) is 4.51. The maximum absolute atomic E-state index is 13.2. The molecule has 0 bridgehead atoms. The molecule has 4 unspecified atom stereocenters. The van der Waals surface area contributed by atoms with Crippen LogP contribution in [0.25, 0.3) is 0 Å². The summed E-state index contributed by atoms with van der Waals surface area (Å²) in [5.41, 5.74) is -1.46. The van der Waals surface area contributed by atoms with Crippen molar-refractivity contribution in [1.29, 1.82) is 0 Å². The summed E-state index contributed by atoms with van der Waals surface area (Å²) in [4.78, 5) is 49.1. The van der Waals surface area contributed by atoms with Gasteiger partial charge in [-0.2, -0.15) is 0 Å². The van der Waals surface area contributed by atoms with E-state index in [2.05, 4.69) is 0 Å². The molecule has 0 aromatic carbocycles. The molecule has 0 saturated heterocycles. The molecule has 2 N–H and O–H groups in total. The average Bonchev–Trinajstić information content (AvgIpc) is 2.56. The van der Waals surface area contributed by atoms with E-state index in [1.165, 1.54) is 0 Å². The van der Waals surface area contributed by atoms with Crippen molar-refractivity contribution in [3.05, 3.63) is 0 Å². The minimum atomic E-state index is -0.975. The monoisotopic (exact) mass is 454 g/mol. The number of rotatable bonds is 12. The van der Waals surface area contributed by atoms with Gasteiger partial charge in [-0.15, -0.1) is 0 Å². The molecule has 32 heavy (non-hydrogen) atoms. The van der Waals surface area contributed by atoms with Crippen molar-refractivity contribution in [2.45, 2.75) is 101 Å². The van der Waals surface area contributed by atoms with Gasteiger partial charge in [0.25, 0.3) is 0 Å². The van der Waals surface area contributed by atoms with Gasteiger partial charge in [0.2, 0.25) is 0 Å². The number of carboxylic acid groups (broad SMARTS) is 2. The zero-order valence-corrected chi connectivity index (χ0v) is 21.9. The highest BCUT2D eigenvalue weighted by Gasteiger charge is 2.46. The molecule has 0 heterocycles. The van der Waals surface area contributed by atoms with Crippen LogP contribution in [-0.2, 0) is 19.2 Å². The maximum atomic E-state index is 13.2. The summed E-state index contributed by atoms with van der Waals surface area (Å²) in [7, 11) is 0. The minimum absolute atomic E-state index is 0.0450. The zero-order valence-electron chi connectivity index (χ0n) is 21.9. The Morgan fingerprint density at radius 1 is 0.656 bits per heavy atom. The molecule has 4 atom stereocenters. The third-order valence-electron chi connectivity index (χ3n) is 6.39. The molecule has 0 aliphatic heterocycles. The van der Waals surface area contributed by atoms with Crippen molar-refractivity contribution < 1.29 is 29.4 Å². The SMILES string of the molecule is CC(CCC(=O)C(CC(=O)O)C(C)(C)C)CCC(=O)C(C(C(=O)O)C(C)(C)C)C(C)(C)C. The molecule has 0 spiro atoms. The molecule has 0 aromatic rings. The van der Waals surface area contributed by atoms with E-state index in [0.717, 1.165) is 0 Å². The topological polar surface area (TPSA) is 109 Å². The quantitative estimate of drug-likeness (QED) is 0.382. The lowest BCUT2D eigenvalue weighted by Crippen LogP contribution is -2.45. The minimum Gasteiger partial charge on any atom is -0.481 e. The van der Waals surface area contributed by atoms with Crippen LogP contribution in [0.1, 0.15) is 101 Å². The van der Waals surface area contributed by atoms with Crippen LogP contribution in [0.3, 0.4) is 0 Å². The molecule has 0 amide bonds. The van der Waals surface area contributed by atoms with Gasteiger partial charge in [-0.3, -0.25) is 19.2 Å². The number of carbonyl (C=O) groups is 4. The van der Waals surface area contributed by atoms with Crippen molar-refractivity contribution in [2.24, 2.45) is 39.9 Å². The van der Waals surface area contributed by atoms with Crippen LogP contribution in [0.4, 0.5) is 0 Å². The van der Waals surface area contributed by atoms with E-state index in [0.29, 0.717) is 12.8 Å². The van der Waals surface area contributed by atoms with E-state index >= 15 is 0 Å².